The molecule has 2 rings (SSSR count). The van der Waals surface area contributed by atoms with Crippen LogP contribution in [0.3, 0.4) is 0 Å². The van der Waals surface area contributed by atoms with Gasteiger partial charge in [-0.2, -0.15) is 0 Å². The molecule has 0 aliphatic carbocycles. The normalized spacial score (nSPS) is 24.8. The fourth-order valence-electron chi connectivity index (χ4n) is 2.67. The number of benzene rings is 1. The molecule has 3 nitrogen and oxygen atoms in total. The summed E-state index contributed by atoms with van der Waals surface area (Å²) in [7, 11) is 0. The van der Waals surface area contributed by atoms with Crippen LogP contribution in [0.5, 0.6) is 0 Å². The molecule has 1 fully saturated rings. The zero-order chi connectivity index (χ0) is 12.3. The smallest absolute Gasteiger partial charge is 0.0895 e. The van der Waals surface area contributed by atoms with Crippen LogP contribution in [0.4, 0.5) is 0 Å². The van der Waals surface area contributed by atoms with Crippen molar-refractivity contribution < 1.29 is 5.11 Å². The van der Waals surface area contributed by atoms with E-state index in [1.54, 1.807) is 0 Å². The monoisotopic (exact) mass is 234 g/mol. The highest BCUT2D eigenvalue weighted by Gasteiger charge is 2.37. The molecule has 2 unspecified atom stereocenters. The third-order valence-electron chi connectivity index (χ3n) is 3.72. The minimum absolute atomic E-state index is 0.188. The first-order valence-corrected chi connectivity index (χ1v) is 6.34. The second-order valence-corrected chi connectivity index (χ2v) is 5.18. The summed E-state index contributed by atoms with van der Waals surface area (Å²) in [6, 6.07) is 10.6. The maximum Gasteiger partial charge on any atom is 0.0895 e. The molecule has 1 aliphatic rings. The molecular weight excluding hydrogens is 212 g/mol. The Hall–Kier alpha value is -0.900. The second-order valence-electron chi connectivity index (χ2n) is 5.18. The van der Waals surface area contributed by atoms with Gasteiger partial charge in [0.05, 0.1) is 5.60 Å². The van der Waals surface area contributed by atoms with Crippen LogP contribution in [0.2, 0.25) is 0 Å². The highest BCUT2D eigenvalue weighted by molar-refractivity contribution is 5.15. The van der Waals surface area contributed by atoms with Crippen LogP contribution in [-0.4, -0.2) is 34.7 Å². The van der Waals surface area contributed by atoms with E-state index in [-0.39, 0.29) is 6.04 Å². The molecule has 3 N–H and O–H groups in total. The summed E-state index contributed by atoms with van der Waals surface area (Å²) in [6.45, 7) is 4.13. The Morgan fingerprint density at radius 3 is 2.76 bits per heavy atom. The van der Waals surface area contributed by atoms with Crippen molar-refractivity contribution in [2.45, 2.75) is 38.0 Å². The van der Waals surface area contributed by atoms with Gasteiger partial charge >= 0.3 is 0 Å². The minimum Gasteiger partial charge on any atom is -0.387 e. The van der Waals surface area contributed by atoms with Crippen LogP contribution in [0, 0.1) is 0 Å². The van der Waals surface area contributed by atoms with Crippen molar-refractivity contribution in [1.29, 1.82) is 0 Å². The Bertz CT molecular complexity index is 350. The molecule has 1 aromatic carbocycles. The third-order valence-corrected chi connectivity index (χ3v) is 3.72. The van der Waals surface area contributed by atoms with Crippen molar-refractivity contribution in [1.82, 2.24) is 4.90 Å². The summed E-state index contributed by atoms with van der Waals surface area (Å²) in [6.07, 6.45) is 2.19. The van der Waals surface area contributed by atoms with Crippen molar-refractivity contribution in [3.8, 4) is 0 Å². The fourth-order valence-corrected chi connectivity index (χ4v) is 2.67. The highest BCUT2D eigenvalue weighted by Crippen LogP contribution is 2.27. The van der Waals surface area contributed by atoms with Crippen molar-refractivity contribution >= 4 is 0 Å². The average molecular weight is 234 g/mol. The summed E-state index contributed by atoms with van der Waals surface area (Å²) in [5.74, 6) is 0. The quantitative estimate of drug-likeness (QED) is 0.827. The summed E-state index contributed by atoms with van der Waals surface area (Å²) < 4.78 is 0. The first-order valence-electron chi connectivity index (χ1n) is 6.34. The number of nitrogens with zero attached hydrogens (tertiary/aromatic N) is 1. The van der Waals surface area contributed by atoms with Crippen LogP contribution < -0.4 is 5.73 Å². The van der Waals surface area contributed by atoms with Gasteiger partial charge in [-0.1, -0.05) is 30.3 Å². The van der Waals surface area contributed by atoms with Gasteiger partial charge in [-0.05, 0) is 31.9 Å². The molecule has 17 heavy (non-hydrogen) atoms. The van der Waals surface area contributed by atoms with E-state index >= 15 is 0 Å². The highest BCUT2D eigenvalue weighted by atomic mass is 16.3. The summed E-state index contributed by atoms with van der Waals surface area (Å²) in [4.78, 5) is 2.35. The van der Waals surface area contributed by atoms with Crippen molar-refractivity contribution in [3.05, 3.63) is 35.9 Å². The van der Waals surface area contributed by atoms with Gasteiger partial charge in [0.2, 0.25) is 0 Å². The van der Waals surface area contributed by atoms with Crippen molar-refractivity contribution in [2.75, 3.05) is 13.1 Å². The molecule has 1 aromatic rings. The summed E-state index contributed by atoms with van der Waals surface area (Å²) in [5, 5.41) is 10.3. The maximum absolute atomic E-state index is 10.3. The number of nitrogens with two attached hydrogens (primary N) is 1. The molecule has 3 heteroatoms. The van der Waals surface area contributed by atoms with E-state index in [0.717, 1.165) is 25.9 Å². The van der Waals surface area contributed by atoms with Crippen molar-refractivity contribution in [3.63, 3.8) is 0 Å². The topological polar surface area (TPSA) is 49.5 Å². The van der Waals surface area contributed by atoms with Gasteiger partial charge in [0, 0.05) is 19.1 Å². The molecule has 1 heterocycles. The van der Waals surface area contributed by atoms with E-state index in [2.05, 4.69) is 29.2 Å². The lowest BCUT2D eigenvalue weighted by atomic mass is 9.94. The average Bonchev–Trinajstić information content (AvgIpc) is 2.79. The molecule has 0 amide bonds. The number of hydrogen-bond donors (Lipinski definition) is 2. The molecule has 0 saturated carbocycles. The lowest BCUT2D eigenvalue weighted by Gasteiger charge is -2.35. The van der Waals surface area contributed by atoms with Gasteiger partial charge in [-0.15, -0.1) is 0 Å². The predicted molar refractivity (Wildman–Crippen MR) is 69.6 cm³/mol. The summed E-state index contributed by atoms with van der Waals surface area (Å²) >= 11 is 0. The van der Waals surface area contributed by atoms with Gasteiger partial charge in [-0.25, -0.2) is 0 Å². The molecule has 0 aromatic heterocycles. The second kappa shape index (κ2) is 5.17. The third kappa shape index (κ3) is 2.86. The number of likely N-dealkylation sites (tertiary alicyclic amines) is 1. The Morgan fingerprint density at radius 2 is 2.12 bits per heavy atom. The van der Waals surface area contributed by atoms with E-state index in [4.69, 9.17) is 5.73 Å². The molecule has 1 saturated heterocycles. The minimum atomic E-state index is -0.773. The molecule has 2 atom stereocenters. The lowest BCUT2D eigenvalue weighted by Crippen LogP contribution is -2.51. The van der Waals surface area contributed by atoms with E-state index in [1.165, 1.54) is 5.56 Å². The Balaban J connectivity index is 2.06. The van der Waals surface area contributed by atoms with Crippen molar-refractivity contribution in [2.24, 2.45) is 5.73 Å². The summed E-state index contributed by atoms with van der Waals surface area (Å²) in [5.41, 5.74) is 6.19. The Morgan fingerprint density at radius 1 is 1.41 bits per heavy atom. The first-order chi connectivity index (χ1) is 8.13. The van der Waals surface area contributed by atoms with E-state index < -0.39 is 5.60 Å². The largest absolute Gasteiger partial charge is 0.387 e. The van der Waals surface area contributed by atoms with Gasteiger partial charge in [-0.3, -0.25) is 4.90 Å². The lowest BCUT2D eigenvalue weighted by molar-refractivity contribution is -0.0131. The van der Waals surface area contributed by atoms with Crippen LogP contribution in [0.1, 0.15) is 25.3 Å². The number of rotatable bonds is 4. The maximum atomic E-state index is 10.3. The fraction of sp³-hybridized carbons (Fsp3) is 0.571. The number of aliphatic hydroxyl groups is 1. The molecular formula is C14H22N2O. The Kier molecular flexibility index (Phi) is 3.82. The standard InChI is InChI=1S/C14H22N2O/c1-14(17,11-15)13-8-5-9-16(13)10-12-6-3-2-4-7-12/h2-4,6-7,13,17H,5,8-11,15H2,1H3. The molecule has 0 spiro atoms. The molecule has 0 radical (unpaired) electrons. The van der Waals surface area contributed by atoms with Crippen LogP contribution in [0.25, 0.3) is 0 Å². The van der Waals surface area contributed by atoms with Gasteiger partial charge in [0.15, 0.2) is 0 Å². The zero-order valence-corrected chi connectivity index (χ0v) is 10.5. The zero-order valence-electron chi connectivity index (χ0n) is 10.5. The van der Waals surface area contributed by atoms with Crippen LogP contribution >= 0.6 is 0 Å². The molecule has 1 aliphatic heterocycles. The van der Waals surface area contributed by atoms with E-state index in [0.29, 0.717) is 6.54 Å². The Labute approximate surface area is 103 Å². The van der Waals surface area contributed by atoms with E-state index in [9.17, 15) is 5.11 Å². The molecule has 94 valence electrons. The van der Waals surface area contributed by atoms with Crippen LogP contribution in [-0.2, 0) is 6.54 Å². The van der Waals surface area contributed by atoms with Gasteiger partial charge < -0.3 is 10.8 Å². The SMILES string of the molecule is CC(O)(CN)C1CCCN1Cc1ccccc1. The molecule has 0 bridgehead atoms. The predicted octanol–water partition coefficient (Wildman–Crippen LogP) is 1.36. The van der Waals surface area contributed by atoms with E-state index in [1.807, 2.05) is 13.0 Å². The first kappa shape index (κ1) is 12.6. The van der Waals surface area contributed by atoms with Gasteiger partial charge in [0.1, 0.15) is 0 Å². The van der Waals surface area contributed by atoms with Crippen LogP contribution in [0.15, 0.2) is 30.3 Å². The van der Waals surface area contributed by atoms with Gasteiger partial charge in [0.25, 0.3) is 0 Å². The number of hydrogen-bond acceptors (Lipinski definition) is 3.